The number of rotatable bonds is 6. The van der Waals surface area contributed by atoms with E-state index in [1.54, 1.807) is 30.5 Å². The molecule has 0 bridgehead atoms. The van der Waals surface area contributed by atoms with E-state index in [1.165, 1.54) is 0 Å². The van der Waals surface area contributed by atoms with E-state index >= 15 is 0 Å². The quantitative estimate of drug-likeness (QED) is 0.484. The number of pyridine rings is 1. The number of hydrogen-bond donors (Lipinski definition) is 1. The number of hydrogen-bond acceptors (Lipinski definition) is 3. The van der Waals surface area contributed by atoms with Crippen LogP contribution in [-0.2, 0) is 11.2 Å². The van der Waals surface area contributed by atoms with E-state index in [9.17, 15) is 4.79 Å². The average Bonchev–Trinajstić information content (AvgIpc) is 2.63. The first-order valence-corrected chi connectivity index (χ1v) is 9.95. The summed E-state index contributed by atoms with van der Waals surface area (Å²) in [7, 11) is 0. The number of nitrogens with zero attached hydrogens (tertiary/aromatic N) is 1. The van der Waals surface area contributed by atoms with Crippen molar-refractivity contribution in [1.29, 1.82) is 0 Å². The van der Waals surface area contributed by atoms with E-state index < -0.39 is 5.91 Å². The highest BCUT2D eigenvalue weighted by molar-refractivity contribution is 6.40. The summed E-state index contributed by atoms with van der Waals surface area (Å²) in [4.78, 5) is 17.2. The minimum absolute atomic E-state index is 0.158. The van der Waals surface area contributed by atoms with E-state index in [0.717, 1.165) is 10.9 Å². The maximum Gasteiger partial charge on any atom is 0.258 e. The summed E-state index contributed by atoms with van der Waals surface area (Å²) in [5.41, 5.74) is 2.24. The van der Waals surface area contributed by atoms with Gasteiger partial charge in [-0.1, -0.05) is 53.0 Å². The maximum absolute atomic E-state index is 12.7. The van der Waals surface area contributed by atoms with Gasteiger partial charge in [0.1, 0.15) is 0 Å². The SMILES string of the molecule is CC(C)OCCc1cnc2c(NC(=O)c3c(Cl)cccc3Cl)cccc2c1Cl. The van der Waals surface area contributed by atoms with Crippen LogP contribution in [0.15, 0.2) is 42.6 Å². The molecule has 0 fully saturated rings. The molecule has 3 rings (SSSR count). The molecule has 1 aromatic heterocycles. The van der Waals surface area contributed by atoms with Gasteiger partial charge in [-0.2, -0.15) is 0 Å². The van der Waals surface area contributed by atoms with Crippen molar-refractivity contribution in [2.45, 2.75) is 26.4 Å². The zero-order valence-corrected chi connectivity index (χ0v) is 17.7. The number of aromatic nitrogens is 1. The fraction of sp³-hybridized carbons (Fsp3) is 0.238. The summed E-state index contributed by atoms with van der Waals surface area (Å²) in [6.07, 6.45) is 2.53. The Morgan fingerprint density at radius 3 is 2.46 bits per heavy atom. The van der Waals surface area contributed by atoms with Crippen molar-refractivity contribution in [2.24, 2.45) is 0 Å². The number of fused-ring (bicyclic) bond motifs is 1. The number of carbonyl (C=O) groups excluding carboxylic acids is 1. The Bertz CT molecular complexity index is 1000. The monoisotopic (exact) mass is 436 g/mol. The van der Waals surface area contributed by atoms with Crippen molar-refractivity contribution >= 4 is 57.3 Å². The lowest BCUT2D eigenvalue weighted by Gasteiger charge is -2.13. The normalized spacial score (nSPS) is 11.2. The molecule has 0 spiro atoms. The zero-order chi connectivity index (χ0) is 20.3. The molecule has 1 heterocycles. The first-order chi connectivity index (χ1) is 13.4. The summed E-state index contributed by atoms with van der Waals surface area (Å²) in [6.45, 7) is 4.53. The van der Waals surface area contributed by atoms with Crippen LogP contribution in [0.25, 0.3) is 10.9 Å². The number of halogens is 3. The van der Waals surface area contributed by atoms with Crippen LogP contribution in [0.1, 0.15) is 29.8 Å². The molecule has 28 heavy (non-hydrogen) atoms. The molecule has 0 atom stereocenters. The van der Waals surface area contributed by atoms with Crippen molar-refractivity contribution in [3.05, 3.63) is 68.8 Å². The Hall–Kier alpha value is -1.85. The van der Waals surface area contributed by atoms with Gasteiger partial charge in [-0.25, -0.2) is 0 Å². The molecule has 0 aliphatic heterocycles. The predicted octanol–water partition coefficient (Wildman–Crippen LogP) is 6.41. The topological polar surface area (TPSA) is 51.2 Å². The van der Waals surface area contributed by atoms with Gasteiger partial charge in [-0.3, -0.25) is 9.78 Å². The Morgan fingerprint density at radius 2 is 1.79 bits per heavy atom. The van der Waals surface area contributed by atoms with Crippen molar-refractivity contribution in [3.63, 3.8) is 0 Å². The summed E-state index contributed by atoms with van der Waals surface area (Å²) in [5.74, 6) is -0.407. The van der Waals surface area contributed by atoms with E-state index in [0.29, 0.717) is 29.3 Å². The summed E-state index contributed by atoms with van der Waals surface area (Å²) in [5, 5.41) is 4.75. The molecule has 0 aliphatic rings. The van der Waals surface area contributed by atoms with Crippen molar-refractivity contribution in [1.82, 2.24) is 4.98 Å². The minimum atomic E-state index is -0.407. The first kappa shape index (κ1) is 20.9. The van der Waals surface area contributed by atoms with Gasteiger partial charge in [0.25, 0.3) is 5.91 Å². The van der Waals surface area contributed by atoms with Crippen LogP contribution in [0, 0.1) is 0 Å². The highest BCUT2D eigenvalue weighted by Crippen LogP contribution is 2.31. The van der Waals surface area contributed by atoms with Gasteiger partial charge in [0.05, 0.1) is 44.5 Å². The molecule has 2 aromatic carbocycles. The fourth-order valence-corrected chi connectivity index (χ4v) is 3.68. The summed E-state index contributed by atoms with van der Waals surface area (Å²) < 4.78 is 5.59. The number of carbonyl (C=O) groups is 1. The Balaban J connectivity index is 1.90. The van der Waals surface area contributed by atoms with Crippen LogP contribution in [0.4, 0.5) is 5.69 Å². The van der Waals surface area contributed by atoms with Gasteiger partial charge in [-0.15, -0.1) is 0 Å². The second-order valence-corrected chi connectivity index (χ2v) is 7.71. The Morgan fingerprint density at radius 1 is 1.11 bits per heavy atom. The molecule has 7 heteroatoms. The van der Waals surface area contributed by atoms with Crippen molar-refractivity contribution < 1.29 is 9.53 Å². The standard InChI is InChI=1S/C21H19Cl3N2O2/c1-12(2)28-10-9-13-11-25-20-14(19(13)24)5-3-8-17(20)26-21(27)18-15(22)6-4-7-16(18)23/h3-8,11-12H,9-10H2,1-2H3,(H,26,27). The summed E-state index contributed by atoms with van der Waals surface area (Å²) >= 11 is 18.8. The van der Waals surface area contributed by atoms with E-state index in [1.807, 2.05) is 26.0 Å². The van der Waals surface area contributed by atoms with E-state index in [4.69, 9.17) is 39.5 Å². The number of nitrogens with one attached hydrogen (secondary N) is 1. The van der Waals surface area contributed by atoms with E-state index in [2.05, 4.69) is 10.3 Å². The van der Waals surface area contributed by atoms with Gasteiger partial charge in [0.15, 0.2) is 0 Å². The molecule has 0 unspecified atom stereocenters. The van der Waals surface area contributed by atoms with Crippen molar-refractivity contribution in [3.8, 4) is 0 Å². The molecule has 1 amide bonds. The molecular formula is C21H19Cl3N2O2. The molecule has 0 radical (unpaired) electrons. The van der Waals surface area contributed by atoms with Crippen LogP contribution >= 0.6 is 34.8 Å². The second-order valence-electron chi connectivity index (χ2n) is 6.52. The molecule has 4 nitrogen and oxygen atoms in total. The second kappa shape index (κ2) is 9.10. The molecule has 0 aliphatic carbocycles. The van der Waals surface area contributed by atoms with Crippen molar-refractivity contribution in [2.75, 3.05) is 11.9 Å². The Kier molecular flexibility index (Phi) is 6.78. The lowest BCUT2D eigenvalue weighted by atomic mass is 10.1. The van der Waals surface area contributed by atoms with Gasteiger partial charge in [0, 0.05) is 11.6 Å². The largest absolute Gasteiger partial charge is 0.378 e. The molecule has 1 N–H and O–H groups in total. The lowest BCUT2D eigenvalue weighted by Crippen LogP contribution is -2.13. The molecule has 3 aromatic rings. The smallest absolute Gasteiger partial charge is 0.258 e. The first-order valence-electron chi connectivity index (χ1n) is 8.81. The number of benzene rings is 2. The number of para-hydroxylation sites is 1. The van der Waals surface area contributed by atoms with Gasteiger partial charge < -0.3 is 10.1 Å². The predicted molar refractivity (Wildman–Crippen MR) is 116 cm³/mol. The molecular weight excluding hydrogens is 419 g/mol. The van der Waals surface area contributed by atoms with Crippen LogP contribution in [-0.4, -0.2) is 23.6 Å². The van der Waals surface area contributed by atoms with E-state index in [-0.39, 0.29) is 21.7 Å². The summed E-state index contributed by atoms with van der Waals surface area (Å²) in [6, 6.07) is 10.4. The van der Waals surface area contributed by atoms with Crippen LogP contribution in [0.5, 0.6) is 0 Å². The third kappa shape index (κ3) is 4.58. The van der Waals surface area contributed by atoms with Gasteiger partial charge >= 0.3 is 0 Å². The minimum Gasteiger partial charge on any atom is -0.378 e. The average molecular weight is 438 g/mol. The highest BCUT2D eigenvalue weighted by Gasteiger charge is 2.17. The van der Waals surface area contributed by atoms with Gasteiger partial charge in [0.2, 0.25) is 0 Å². The number of amides is 1. The molecule has 0 saturated heterocycles. The van der Waals surface area contributed by atoms with Crippen LogP contribution in [0.3, 0.4) is 0 Å². The maximum atomic E-state index is 12.7. The van der Waals surface area contributed by atoms with Crippen LogP contribution < -0.4 is 5.32 Å². The fourth-order valence-electron chi connectivity index (χ4n) is 2.81. The highest BCUT2D eigenvalue weighted by atomic mass is 35.5. The Labute approximate surface area is 178 Å². The lowest BCUT2D eigenvalue weighted by molar-refractivity contribution is 0.0813. The van der Waals surface area contributed by atoms with Crippen LogP contribution in [0.2, 0.25) is 15.1 Å². The molecule has 146 valence electrons. The third-order valence-corrected chi connectivity index (χ3v) is 5.24. The third-order valence-electron chi connectivity index (χ3n) is 4.16. The zero-order valence-electron chi connectivity index (χ0n) is 15.4. The van der Waals surface area contributed by atoms with Gasteiger partial charge in [-0.05, 0) is 44.0 Å². The number of anilines is 1. The molecule has 0 saturated carbocycles. The number of ether oxygens (including phenoxy) is 1.